The van der Waals surface area contributed by atoms with E-state index in [9.17, 15) is 9.90 Å². The minimum absolute atomic E-state index is 0.165. The lowest BCUT2D eigenvalue weighted by molar-refractivity contribution is 0.0900. The van der Waals surface area contributed by atoms with E-state index in [2.05, 4.69) is 37.2 Å². The van der Waals surface area contributed by atoms with E-state index in [4.69, 9.17) is 0 Å². The molecule has 1 aromatic heterocycles. The SMILES string of the molecule is CC(C)CC(O)CNC(=O)c1cc(Br)sc1Br. The number of thiophene rings is 1. The summed E-state index contributed by atoms with van der Waals surface area (Å²) in [5.41, 5.74) is 0.596. The van der Waals surface area contributed by atoms with Crippen molar-refractivity contribution in [3.8, 4) is 0 Å². The van der Waals surface area contributed by atoms with Gasteiger partial charge in [0, 0.05) is 6.54 Å². The highest BCUT2D eigenvalue weighted by molar-refractivity contribution is 9.12. The quantitative estimate of drug-likeness (QED) is 0.817. The van der Waals surface area contributed by atoms with Crippen LogP contribution in [0, 0.1) is 5.92 Å². The molecule has 1 aromatic rings. The summed E-state index contributed by atoms with van der Waals surface area (Å²) in [6, 6.07) is 1.76. The molecule has 96 valence electrons. The fourth-order valence-electron chi connectivity index (χ4n) is 1.43. The van der Waals surface area contributed by atoms with Gasteiger partial charge in [-0.1, -0.05) is 13.8 Å². The maximum atomic E-state index is 11.8. The molecule has 0 bridgehead atoms. The third kappa shape index (κ3) is 5.07. The lowest BCUT2D eigenvalue weighted by Gasteiger charge is -2.13. The zero-order chi connectivity index (χ0) is 13.0. The van der Waals surface area contributed by atoms with Crippen LogP contribution >= 0.6 is 43.2 Å². The van der Waals surface area contributed by atoms with Gasteiger partial charge in [0.25, 0.3) is 5.91 Å². The first-order valence-electron chi connectivity index (χ1n) is 5.31. The van der Waals surface area contributed by atoms with E-state index in [0.717, 1.165) is 7.57 Å². The molecule has 1 unspecified atom stereocenters. The van der Waals surface area contributed by atoms with Crippen LogP contribution in [0.25, 0.3) is 0 Å². The second-order valence-electron chi connectivity index (χ2n) is 4.23. The molecule has 1 rings (SSSR count). The number of carbonyl (C=O) groups excluding carboxylic acids is 1. The van der Waals surface area contributed by atoms with Gasteiger partial charge in [0.05, 0.1) is 19.2 Å². The predicted octanol–water partition coefficient (Wildman–Crippen LogP) is 3.41. The molecule has 6 heteroatoms. The second kappa shape index (κ2) is 6.87. The molecular weight excluding hydrogens is 370 g/mol. The van der Waals surface area contributed by atoms with Crippen molar-refractivity contribution in [2.45, 2.75) is 26.4 Å². The van der Waals surface area contributed by atoms with Crippen molar-refractivity contribution in [1.29, 1.82) is 0 Å². The fraction of sp³-hybridized carbons (Fsp3) is 0.545. The lowest BCUT2D eigenvalue weighted by atomic mass is 10.1. The molecule has 1 heterocycles. The first-order valence-corrected chi connectivity index (χ1v) is 7.71. The Morgan fingerprint density at radius 1 is 1.53 bits per heavy atom. The van der Waals surface area contributed by atoms with Gasteiger partial charge in [-0.05, 0) is 50.3 Å². The molecule has 0 aliphatic rings. The number of aliphatic hydroxyl groups is 1. The van der Waals surface area contributed by atoms with E-state index < -0.39 is 6.10 Å². The molecule has 17 heavy (non-hydrogen) atoms. The van der Waals surface area contributed by atoms with E-state index in [1.54, 1.807) is 6.07 Å². The Bertz CT molecular complexity index is 393. The van der Waals surface area contributed by atoms with Crippen LogP contribution < -0.4 is 5.32 Å². The van der Waals surface area contributed by atoms with E-state index in [-0.39, 0.29) is 12.5 Å². The van der Waals surface area contributed by atoms with Crippen LogP contribution in [0.1, 0.15) is 30.6 Å². The van der Waals surface area contributed by atoms with E-state index in [1.165, 1.54) is 11.3 Å². The van der Waals surface area contributed by atoms with Crippen LogP contribution in [0.4, 0.5) is 0 Å². The molecule has 3 nitrogen and oxygen atoms in total. The van der Waals surface area contributed by atoms with Gasteiger partial charge in [0.2, 0.25) is 0 Å². The summed E-state index contributed by atoms with van der Waals surface area (Å²) in [5.74, 6) is 0.255. The Balaban J connectivity index is 2.47. The van der Waals surface area contributed by atoms with Gasteiger partial charge in [-0.3, -0.25) is 4.79 Å². The first kappa shape index (κ1) is 15.1. The average Bonchev–Trinajstić information content (AvgIpc) is 2.53. The first-order chi connectivity index (χ1) is 7.90. The van der Waals surface area contributed by atoms with Crippen LogP contribution in [0.5, 0.6) is 0 Å². The summed E-state index contributed by atoms with van der Waals surface area (Å²) in [6.07, 6.45) is 0.203. The molecule has 1 atom stereocenters. The van der Waals surface area contributed by atoms with Crippen molar-refractivity contribution in [1.82, 2.24) is 5.32 Å². The molecule has 0 spiro atoms. The molecule has 0 aromatic carbocycles. The Morgan fingerprint density at radius 2 is 2.18 bits per heavy atom. The Hall–Kier alpha value is 0.0900. The number of carbonyl (C=O) groups is 1. The number of hydrogen-bond donors (Lipinski definition) is 2. The van der Waals surface area contributed by atoms with E-state index >= 15 is 0 Å². The van der Waals surface area contributed by atoms with Crippen molar-refractivity contribution in [3.63, 3.8) is 0 Å². The largest absolute Gasteiger partial charge is 0.391 e. The minimum Gasteiger partial charge on any atom is -0.391 e. The van der Waals surface area contributed by atoms with E-state index in [0.29, 0.717) is 17.9 Å². The molecule has 0 aliphatic heterocycles. The normalized spacial score (nSPS) is 12.8. The Labute approximate surface area is 122 Å². The minimum atomic E-state index is -0.486. The molecular formula is C11H15Br2NO2S. The van der Waals surface area contributed by atoms with Crippen LogP contribution in [0.2, 0.25) is 0 Å². The van der Waals surface area contributed by atoms with Gasteiger partial charge < -0.3 is 10.4 Å². The molecule has 0 radical (unpaired) electrons. The number of hydrogen-bond acceptors (Lipinski definition) is 3. The van der Waals surface area contributed by atoms with E-state index in [1.807, 2.05) is 13.8 Å². The molecule has 0 aliphatic carbocycles. The highest BCUT2D eigenvalue weighted by Crippen LogP contribution is 2.31. The van der Waals surface area contributed by atoms with Gasteiger partial charge in [0.15, 0.2) is 0 Å². The van der Waals surface area contributed by atoms with Crippen LogP contribution in [0.3, 0.4) is 0 Å². The van der Waals surface area contributed by atoms with Gasteiger partial charge in [-0.25, -0.2) is 0 Å². The summed E-state index contributed by atoms with van der Waals surface area (Å²) in [7, 11) is 0. The Kier molecular flexibility index (Phi) is 6.12. The number of aliphatic hydroxyl groups excluding tert-OH is 1. The van der Waals surface area contributed by atoms with Gasteiger partial charge in [-0.15, -0.1) is 11.3 Å². The fourth-order valence-corrected chi connectivity index (χ4v) is 4.22. The number of nitrogens with one attached hydrogen (secondary N) is 1. The molecule has 0 saturated heterocycles. The lowest BCUT2D eigenvalue weighted by Crippen LogP contribution is -2.32. The number of halogens is 2. The molecule has 1 amide bonds. The van der Waals surface area contributed by atoms with Gasteiger partial charge in [-0.2, -0.15) is 0 Å². The monoisotopic (exact) mass is 383 g/mol. The van der Waals surface area contributed by atoms with Crippen molar-refractivity contribution >= 4 is 49.1 Å². The Morgan fingerprint density at radius 3 is 2.65 bits per heavy atom. The standard InChI is InChI=1S/C11H15Br2NO2S/c1-6(2)3-7(15)5-14-11(16)8-4-9(12)17-10(8)13/h4,6-7,15H,3,5H2,1-2H3,(H,14,16). The van der Waals surface area contributed by atoms with Gasteiger partial charge in [0.1, 0.15) is 0 Å². The van der Waals surface area contributed by atoms with Crippen LogP contribution in [-0.4, -0.2) is 23.7 Å². The van der Waals surface area contributed by atoms with Crippen molar-refractivity contribution in [2.24, 2.45) is 5.92 Å². The molecule has 2 N–H and O–H groups in total. The highest BCUT2D eigenvalue weighted by atomic mass is 79.9. The summed E-state index contributed by atoms with van der Waals surface area (Å²) >= 11 is 8.11. The highest BCUT2D eigenvalue weighted by Gasteiger charge is 2.15. The number of amides is 1. The predicted molar refractivity (Wildman–Crippen MR) is 77.5 cm³/mol. The number of rotatable bonds is 5. The summed E-state index contributed by atoms with van der Waals surface area (Å²) < 4.78 is 1.69. The zero-order valence-corrected chi connectivity index (χ0v) is 13.7. The van der Waals surface area contributed by atoms with Crippen LogP contribution in [0.15, 0.2) is 13.6 Å². The molecule has 0 fully saturated rings. The van der Waals surface area contributed by atoms with Crippen molar-refractivity contribution < 1.29 is 9.90 Å². The topological polar surface area (TPSA) is 49.3 Å². The third-order valence-corrected chi connectivity index (χ3v) is 4.48. The summed E-state index contributed by atoms with van der Waals surface area (Å²) in [4.78, 5) is 11.8. The summed E-state index contributed by atoms with van der Waals surface area (Å²) in [5, 5.41) is 12.4. The second-order valence-corrected chi connectivity index (χ2v) is 7.98. The van der Waals surface area contributed by atoms with Gasteiger partial charge >= 0.3 is 0 Å². The summed E-state index contributed by atoms with van der Waals surface area (Å²) in [6.45, 7) is 4.37. The van der Waals surface area contributed by atoms with Crippen LogP contribution in [-0.2, 0) is 0 Å². The maximum absolute atomic E-state index is 11.8. The average molecular weight is 385 g/mol. The smallest absolute Gasteiger partial charge is 0.253 e. The zero-order valence-electron chi connectivity index (χ0n) is 9.67. The van der Waals surface area contributed by atoms with Crippen molar-refractivity contribution in [3.05, 3.63) is 19.2 Å². The molecule has 0 saturated carbocycles. The van der Waals surface area contributed by atoms with Crippen molar-refractivity contribution in [2.75, 3.05) is 6.54 Å². The third-order valence-electron chi connectivity index (χ3n) is 2.14. The maximum Gasteiger partial charge on any atom is 0.253 e.